The van der Waals surface area contributed by atoms with Crippen molar-refractivity contribution >= 4 is 37.5 Å². The molecule has 0 N–H and O–H groups in total. The number of aryl methyl sites for hydroxylation is 1. The van der Waals surface area contributed by atoms with Crippen LogP contribution in [0.3, 0.4) is 0 Å². The molecule has 0 bridgehead atoms. The highest BCUT2D eigenvalue weighted by Gasteiger charge is 2.12. The van der Waals surface area contributed by atoms with Crippen LogP contribution in [-0.2, 0) is 6.54 Å². The van der Waals surface area contributed by atoms with Gasteiger partial charge in [0, 0.05) is 16.1 Å². The van der Waals surface area contributed by atoms with Crippen molar-refractivity contribution in [1.29, 1.82) is 0 Å². The molecule has 3 heteroatoms. The number of halogens is 1. The van der Waals surface area contributed by atoms with E-state index in [-0.39, 0.29) is 0 Å². The van der Waals surface area contributed by atoms with Crippen molar-refractivity contribution in [2.45, 2.75) is 13.5 Å². The topological polar surface area (TPSA) is 3.88 Å². The number of nitrogens with zero attached hydrogens (tertiary/aromatic N) is 1. The Bertz CT molecular complexity index is 703. The predicted octanol–water partition coefficient (Wildman–Crippen LogP) is 4.31. The Balaban J connectivity index is 2.00. The lowest BCUT2D eigenvalue weighted by molar-refractivity contribution is -0.658. The van der Waals surface area contributed by atoms with Gasteiger partial charge in [0.2, 0.25) is 11.0 Å². The lowest BCUT2D eigenvalue weighted by Crippen LogP contribution is -2.31. The van der Waals surface area contributed by atoms with Gasteiger partial charge in [-0.3, -0.25) is 0 Å². The summed E-state index contributed by atoms with van der Waals surface area (Å²) in [7, 11) is 0. The molecule has 0 aliphatic rings. The standard InChI is InChI=1S/C15H13BrNS/c1-11-5-6-14-15(7-11)18-10-17(14)9-12-3-2-4-13(16)8-12/h2-8,10H,9H2,1H3/q+1. The van der Waals surface area contributed by atoms with Crippen LogP contribution in [0.5, 0.6) is 0 Å². The monoisotopic (exact) mass is 318 g/mol. The Morgan fingerprint density at radius 2 is 2.06 bits per heavy atom. The van der Waals surface area contributed by atoms with E-state index in [2.05, 4.69) is 75.4 Å². The average molecular weight is 319 g/mol. The van der Waals surface area contributed by atoms with Crippen LogP contribution in [0, 0.1) is 6.92 Å². The van der Waals surface area contributed by atoms with Gasteiger partial charge in [-0.2, -0.15) is 4.57 Å². The molecular weight excluding hydrogens is 306 g/mol. The van der Waals surface area contributed by atoms with Crippen molar-refractivity contribution in [1.82, 2.24) is 0 Å². The van der Waals surface area contributed by atoms with Crippen LogP contribution in [0.4, 0.5) is 0 Å². The minimum absolute atomic E-state index is 0.919. The molecule has 0 aliphatic carbocycles. The first kappa shape index (κ1) is 11.9. The van der Waals surface area contributed by atoms with E-state index in [0.29, 0.717) is 0 Å². The van der Waals surface area contributed by atoms with Gasteiger partial charge in [-0.1, -0.05) is 45.5 Å². The summed E-state index contributed by atoms with van der Waals surface area (Å²) in [6, 6.07) is 15.1. The van der Waals surface area contributed by atoms with Crippen LogP contribution in [0.1, 0.15) is 11.1 Å². The summed E-state index contributed by atoms with van der Waals surface area (Å²) in [5.41, 5.74) is 6.14. The Morgan fingerprint density at radius 3 is 2.89 bits per heavy atom. The third kappa shape index (κ3) is 2.33. The van der Waals surface area contributed by atoms with Gasteiger partial charge in [-0.15, -0.1) is 0 Å². The average Bonchev–Trinajstić information content (AvgIpc) is 2.72. The molecular formula is C15H13BrNS+. The Kier molecular flexibility index (Phi) is 3.18. The van der Waals surface area contributed by atoms with Gasteiger partial charge in [0.25, 0.3) is 0 Å². The van der Waals surface area contributed by atoms with Crippen molar-refractivity contribution in [2.75, 3.05) is 0 Å². The minimum Gasteiger partial charge on any atom is -0.184 e. The largest absolute Gasteiger partial charge is 0.226 e. The van der Waals surface area contributed by atoms with Crippen molar-refractivity contribution in [2.24, 2.45) is 0 Å². The molecule has 1 aromatic heterocycles. The molecule has 0 saturated heterocycles. The zero-order chi connectivity index (χ0) is 12.5. The van der Waals surface area contributed by atoms with E-state index in [1.54, 1.807) is 11.3 Å². The van der Waals surface area contributed by atoms with E-state index in [9.17, 15) is 0 Å². The van der Waals surface area contributed by atoms with Crippen LogP contribution in [0.15, 0.2) is 52.4 Å². The summed E-state index contributed by atoms with van der Waals surface area (Å²) in [4.78, 5) is 0. The van der Waals surface area contributed by atoms with Crippen molar-refractivity contribution in [3.63, 3.8) is 0 Å². The number of benzene rings is 2. The van der Waals surface area contributed by atoms with Crippen LogP contribution in [0.2, 0.25) is 0 Å². The molecule has 3 rings (SSSR count). The maximum atomic E-state index is 3.52. The van der Waals surface area contributed by atoms with E-state index >= 15 is 0 Å². The van der Waals surface area contributed by atoms with Crippen molar-refractivity contribution in [3.05, 3.63) is 63.6 Å². The molecule has 2 aromatic carbocycles. The van der Waals surface area contributed by atoms with E-state index in [1.807, 2.05) is 0 Å². The first-order valence-corrected chi connectivity index (χ1v) is 7.51. The molecule has 3 aromatic rings. The fourth-order valence-electron chi connectivity index (χ4n) is 2.08. The highest BCUT2D eigenvalue weighted by molar-refractivity contribution is 9.10. The second-order valence-corrected chi connectivity index (χ2v) is 6.25. The molecule has 0 fully saturated rings. The van der Waals surface area contributed by atoms with Gasteiger partial charge in [-0.05, 0) is 30.7 Å². The summed E-state index contributed by atoms with van der Waals surface area (Å²) < 4.78 is 4.79. The lowest BCUT2D eigenvalue weighted by Gasteiger charge is -1.97. The third-order valence-corrected chi connectivity index (χ3v) is 4.41. The Morgan fingerprint density at radius 1 is 1.17 bits per heavy atom. The number of rotatable bonds is 2. The fourth-order valence-corrected chi connectivity index (χ4v) is 3.52. The Labute approximate surface area is 119 Å². The van der Waals surface area contributed by atoms with Gasteiger partial charge in [0.1, 0.15) is 4.70 Å². The number of aromatic nitrogens is 1. The van der Waals surface area contributed by atoms with Gasteiger partial charge < -0.3 is 0 Å². The minimum atomic E-state index is 0.919. The van der Waals surface area contributed by atoms with Crippen molar-refractivity contribution < 1.29 is 4.57 Å². The molecule has 1 heterocycles. The molecule has 1 nitrogen and oxygen atoms in total. The highest BCUT2D eigenvalue weighted by Crippen LogP contribution is 2.18. The summed E-state index contributed by atoms with van der Waals surface area (Å²) in [6.45, 7) is 3.06. The zero-order valence-corrected chi connectivity index (χ0v) is 12.5. The van der Waals surface area contributed by atoms with E-state index in [1.165, 1.54) is 21.3 Å². The molecule has 0 spiro atoms. The molecule has 90 valence electrons. The first-order chi connectivity index (χ1) is 8.72. The first-order valence-electron chi connectivity index (χ1n) is 5.84. The smallest absolute Gasteiger partial charge is 0.184 e. The summed E-state index contributed by atoms with van der Waals surface area (Å²) >= 11 is 5.32. The molecule has 0 amide bonds. The molecule has 18 heavy (non-hydrogen) atoms. The number of thiazole rings is 1. The number of hydrogen-bond acceptors (Lipinski definition) is 1. The van der Waals surface area contributed by atoms with E-state index < -0.39 is 0 Å². The number of fused-ring (bicyclic) bond motifs is 1. The predicted molar refractivity (Wildman–Crippen MR) is 80.0 cm³/mol. The quantitative estimate of drug-likeness (QED) is 0.620. The molecule has 0 aliphatic heterocycles. The van der Waals surface area contributed by atoms with Crippen molar-refractivity contribution in [3.8, 4) is 0 Å². The SMILES string of the molecule is Cc1ccc2c(c1)sc[n+]2Cc1cccc(Br)c1. The number of hydrogen-bond donors (Lipinski definition) is 0. The summed E-state index contributed by atoms with van der Waals surface area (Å²) in [5, 5.41) is 0. The van der Waals surface area contributed by atoms with Gasteiger partial charge in [-0.25, -0.2) is 0 Å². The third-order valence-electron chi connectivity index (χ3n) is 2.97. The highest BCUT2D eigenvalue weighted by atomic mass is 79.9. The van der Waals surface area contributed by atoms with Crippen LogP contribution >= 0.6 is 27.3 Å². The fraction of sp³-hybridized carbons (Fsp3) is 0.133. The van der Waals surface area contributed by atoms with Crippen LogP contribution in [-0.4, -0.2) is 0 Å². The molecule has 0 unspecified atom stereocenters. The maximum Gasteiger partial charge on any atom is 0.226 e. The summed E-state index contributed by atoms with van der Waals surface area (Å²) in [5.74, 6) is 0. The molecule has 0 radical (unpaired) electrons. The second-order valence-electron chi connectivity index (χ2n) is 4.45. The normalized spacial score (nSPS) is 11.0. The van der Waals surface area contributed by atoms with Gasteiger partial charge >= 0.3 is 0 Å². The van der Waals surface area contributed by atoms with E-state index in [0.717, 1.165) is 11.0 Å². The maximum absolute atomic E-state index is 3.52. The second kappa shape index (κ2) is 4.82. The molecule has 0 atom stereocenters. The van der Waals surface area contributed by atoms with Gasteiger partial charge in [0.15, 0.2) is 6.54 Å². The van der Waals surface area contributed by atoms with Gasteiger partial charge in [0.05, 0.1) is 0 Å². The van der Waals surface area contributed by atoms with Crippen LogP contribution < -0.4 is 4.57 Å². The van der Waals surface area contributed by atoms with Crippen LogP contribution in [0.25, 0.3) is 10.2 Å². The Hall–Kier alpha value is -1.19. The lowest BCUT2D eigenvalue weighted by atomic mass is 10.2. The zero-order valence-electron chi connectivity index (χ0n) is 10.1. The molecule has 0 saturated carbocycles. The summed E-state index contributed by atoms with van der Waals surface area (Å²) in [6.07, 6.45) is 0. The van der Waals surface area contributed by atoms with E-state index in [4.69, 9.17) is 0 Å².